The summed E-state index contributed by atoms with van der Waals surface area (Å²) in [6.45, 7) is 1.69. The number of pyridine rings is 2. The van der Waals surface area contributed by atoms with Gasteiger partial charge in [-0.3, -0.25) is 10.2 Å². The molecule has 3 rings (SSSR count). The highest BCUT2D eigenvalue weighted by Crippen LogP contribution is 2.18. The van der Waals surface area contributed by atoms with Crippen molar-refractivity contribution in [2.75, 3.05) is 11.1 Å². The van der Waals surface area contributed by atoms with E-state index in [9.17, 15) is 4.79 Å². The van der Waals surface area contributed by atoms with Crippen molar-refractivity contribution >= 4 is 23.1 Å². The summed E-state index contributed by atoms with van der Waals surface area (Å²) in [7, 11) is 0. The first-order valence-electron chi connectivity index (χ1n) is 7.55. The Morgan fingerprint density at radius 2 is 2.15 bits per heavy atom. The maximum Gasteiger partial charge on any atom is 0.275 e. The van der Waals surface area contributed by atoms with Crippen LogP contribution in [0.5, 0.6) is 0 Å². The fourth-order valence-corrected chi connectivity index (χ4v) is 2.33. The van der Waals surface area contributed by atoms with Crippen LogP contribution in [0.4, 0.5) is 11.5 Å². The Kier molecular flexibility index (Phi) is 4.45. The quantitative estimate of drug-likeness (QED) is 0.620. The van der Waals surface area contributed by atoms with Crippen molar-refractivity contribution in [3.8, 4) is 6.07 Å². The zero-order valence-corrected chi connectivity index (χ0v) is 13.8. The van der Waals surface area contributed by atoms with Crippen LogP contribution in [0.15, 0.2) is 47.4 Å². The molecule has 26 heavy (non-hydrogen) atoms. The third-order valence-corrected chi connectivity index (χ3v) is 3.64. The van der Waals surface area contributed by atoms with Gasteiger partial charge in [-0.2, -0.15) is 5.26 Å². The predicted molar refractivity (Wildman–Crippen MR) is 94.9 cm³/mol. The van der Waals surface area contributed by atoms with Crippen LogP contribution in [-0.4, -0.2) is 21.6 Å². The number of rotatable bonds is 4. The molecule has 0 aliphatic carbocycles. The second-order valence-electron chi connectivity index (χ2n) is 5.48. The van der Waals surface area contributed by atoms with Crippen molar-refractivity contribution in [1.82, 2.24) is 9.97 Å². The fraction of sp³-hybridized carbons (Fsp3) is 0.0556. The second-order valence-corrected chi connectivity index (χ2v) is 5.48. The molecule has 8 nitrogen and oxygen atoms in total. The molecule has 3 heterocycles. The number of hydrogen-bond donors (Lipinski definition) is 3. The van der Waals surface area contributed by atoms with Crippen LogP contribution in [0, 0.1) is 23.7 Å². The topological polar surface area (TPSA) is 142 Å². The van der Waals surface area contributed by atoms with Gasteiger partial charge in [-0.05, 0) is 36.8 Å². The number of furan rings is 1. The minimum Gasteiger partial charge on any atom is -0.472 e. The van der Waals surface area contributed by atoms with Crippen molar-refractivity contribution < 1.29 is 9.21 Å². The molecule has 0 unspecified atom stereocenters. The Morgan fingerprint density at radius 3 is 2.81 bits per heavy atom. The molecule has 128 valence electrons. The summed E-state index contributed by atoms with van der Waals surface area (Å²) in [5.41, 5.74) is 8.19. The molecule has 4 N–H and O–H groups in total. The van der Waals surface area contributed by atoms with Crippen molar-refractivity contribution in [3.63, 3.8) is 0 Å². The molecule has 8 heteroatoms. The van der Waals surface area contributed by atoms with E-state index < -0.39 is 5.91 Å². The highest BCUT2D eigenvalue weighted by molar-refractivity contribution is 6.12. The van der Waals surface area contributed by atoms with Crippen LogP contribution in [0.25, 0.3) is 0 Å². The van der Waals surface area contributed by atoms with Gasteiger partial charge in [0.05, 0.1) is 29.5 Å². The molecular weight excluding hydrogens is 332 g/mol. The summed E-state index contributed by atoms with van der Waals surface area (Å²) in [4.78, 5) is 20.7. The minimum absolute atomic E-state index is 0.0834. The zero-order valence-electron chi connectivity index (χ0n) is 13.8. The van der Waals surface area contributed by atoms with Gasteiger partial charge in [0.15, 0.2) is 0 Å². The van der Waals surface area contributed by atoms with Gasteiger partial charge < -0.3 is 15.5 Å². The number of carbonyl (C=O) groups excluding carboxylic acids is 1. The van der Waals surface area contributed by atoms with Gasteiger partial charge in [0, 0.05) is 11.8 Å². The van der Waals surface area contributed by atoms with E-state index in [4.69, 9.17) is 20.8 Å². The molecule has 0 fully saturated rings. The summed E-state index contributed by atoms with van der Waals surface area (Å²) >= 11 is 0. The lowest BCUT2D eigenvalue weighted by Gasteiger charge is -2.10. The maximum absolute atomic E-state index is 12.4. The summed E-state index contributed by atoms with van der Waals surface area (Å²) in [6.07, 6.45) is 4.20. The molecule has 0 bridgehead atoms. The number of nitrogens with two attached hydrogens (primary N) is 1. The maximum atomic E-state index is 12.4. The van der Waals surface area contributed by atoms with E-state index in [0.29, 0.717) is 22.4 Å². The zero-order chi connectivity index (χ0) is 18.7. The van der Waals surface area contributed by atoms with E-state index in [-0.39, 0.29) is 22.9 Å². The molecule has 0 saturated carbocycles. The van der Waals surface area contributed by atoms with Gasteiger partial charge in [-0.15, -0.1) is 0 Å². The van der Waals surface area contributed by atoms with Crippen LogP contribution in [0.2, 0.25) is 0 Å². The van der Waals surface area contributed by atoms with Crippen molar-refractivity contribution in [3.05, 3.63) is 71.1 Å². The first kappa shape index (κ1) is 16.9. The molecule has 0 spiro atoms. The highest BCUT2D eigenvalue weighted by atomic mass is 16.3. The smallest absolute Gasteiger partial charge is 0.275 e. The predicted octanol–water partition coefficient (Wildman–Crippen LogP) is 2.50. The SMILES string of the molecule is Cc1cc(C#N)cnc1C(=O)Nc1ccc(N)c(C(=N)c2ccoc2)n1. The Hall–Kier alpha value is -3.99. The van der Waals surface area contributed by atoms with Crippen LogP contribution < -0.4 is 11.1 Å². The fourth-order valence-electron chi connectivity index (χ4n) is 2.33. The van der Waals surface area contributed by atoms with Gasteiger partial charge in [0.1, 0.15) is 23.3 Å². The molecule has 0 aliphatic rings. The van der Waals surface area contributed by atoms with E-state index in [2.05, 4.69) is 15.3 Å². The monoisotopic (exact) mass is 346 g/mol. The number of nitrogens with zero attached hydrogens (tertiary/aromatic N) is 3. The van der Waals surface area contributed by atoms with Crippen molar-refractivity contribution in [2.45, 2.75) is 6.92 Å². The number of nitrogens with one attached hydrogen (secondary N) is 2. The van der Waals surface area contributed by atoms with E-state index in [0.717, 1.165) is 0 Å². The minimum atomic E-state index is -0.468. The van der Waals surface area contributed by atoms with Crippen molar-refractivity contribution in [2.24, 2.45) is 0 Å². The largest absolute Gasteiger partial charge is 0.472 e. The van der Waals surface area contributed by atoms with E-state index in [1.54, 1.807) is 31.2 Å². The van der Waals surface area contributed by atoms with Crippen LogP contribution >= 0.6 is 0 Å². The third kappa shape index (κ3) is 3.27. The summed E-state index contributed by atoms with van der Waals surface area (Å²) < 4.78 is 4.97. The van der Waals surface area contributed by atoms with E-state index in [1.165, 1.54) is 18.7 Å². The lowest BCUT2D eigenvalue weighted by molar-refractivity contribution is 0.102. The summed E-state index contributed by atoms with van der Waals surface area (Å²) in [6, 6.07) is 8.28. The van der Waals surface area contributed by atoms with Gasteiger partial charge in [-0.25, -0.2) is 9.97 Å². The van der Waals surface area contributed by atoms with Gasteiger partial charge in [0.25, 0.3) is 5.91 Å². The summed E-state index contributed by atoms with van der Waals surface area (Å²) in [5.74, 6) is -0.233. The second kappa shape index (κ2) is 6.86. The van der Waals surface area contributed by atoms with E-state index in [1.807, 2.05) is 6.07 Å². The molecule has 0 aromatic carbocycles. The average Bonchev–Trinajstić information content (AvgIpc) is 3.17. The number of aromatic nitrogens is 2. The van der Waals surface area contributed by atoms with Crippen molar-refractivity contribution in [1.29, 1.82) is 10.7 Å². The molecule has 3 aromatic heterocycles. The van der Waals surface area contributed by atoms with E-state index >= 15 is 0 Å². The molecule has 0 radical (unpaired) electrons. The molecule has 0 saturated heterocycles. The molecular formula is C18H14N6O2. The Morgan fingerprint density at radius 1 is 1.35 bits per heavy atom. The lowest BCUT2D eigenvalue weighted by atomic mass is 10.1. The molecule has 1 amide bonds. The Labute approximate surface area is 148 Å². The lowest BCUT2D eigenvalue weighted by Crippen LogP contribution is -2.17. The number of hydrogen-bond acceptors (Lipinski definition) is 7. The number of anilines is 2. The normalized spacial score (nSPS) is 10.2. The van der Waals surface area contributed by atoms with Gasteiger partial charge in [0.2, 0.25) is 0 Å². The first-order valence-corrected chi connectivity index (χ1v) is 7.55. The van der Waals surface area contributed by atoms with Crippen LogP contribution in [0.3, 0.4) is 0 Å². The highest BCUT2D eigenvalue weighted by Gasteiger charge is 2.16. The Balaban J connectivity index is 1.87. The third-order valence-electron chi connectivity index (χ3n) is 3.64. The molecule has 0 atom stereocenters. The molecule has 3 aromatic rings. The number of carbonyl (C=O) groups is 1. The number of amides is 1. The molecule has 0 aliphatic heterocycles. The Bertz CT molecular complexity index is 1030. The first-order chi connectivity index (χ1) is 12.5. The van der Waals surface area contributed by atoms with Crippen LogP contribution in [0.1, 0.15) is 32.9 Å². The standard InChI is InChI=1S/C18H14N6O2/c1-10-6-11(7-19)8-22-16(10)18(25)24-14-3-2-13(20)17(23-14)15(21)12-4-5-26-9-12/h2-6,8-9,21H,20H2,1H3,(H,23,24,25). The number of aryl methyl sites for hydroxylation is 1. The number of nitrogen functional groups attached to an aromatic ring is 1. The number of nitriles is 1. The van der Waals surface area contributed by atoms with Gasteiger partial charge >= 0.3 is 0 Å². The van der Waals surface area contributed by atoms with Gasteiger partial charge in [-0.1, -0.05) is 0 Å². The average molecular weight is 346 g/mol. The summed E-state index contributed by atoms with van der Waals surface area (Å²) in [5, 5.41) is 19.7. The van der Waals surface area contributed by atoms with Crippen LogP contribution in [-0.2, 0) is 0 Å².